The zero-order valence-corrected chi connectivity index (χ0v) is 17.3. The first-order chi connectivity index (χ1) is 12.7. The number of unbranched alkanes of at least 4 members (excludes halogenated alkanes) is 8. The van der Waals surface area contributed by atoms with E-state index in [0.717, 1.165) is 35.6 Å². The van der Waals surface area contributed by atoms with Gasteiger partial charge >= 0.3 is 5.69 Å². The third-order valence-electron chi connectivity index (χ3n) is 4.67. The topological polar surface area (TPSA) is 48.0 Å². The lowest BCUT2D eigenvalue weighted by Crippen LogP contribution is -2.22. The summed E-state index contributed by atoms with van der Waals surface area (Å²) in [5.74, 6) is 2.94. The van der Waals surface area contributed by atoms with E-state index in [1.54, 1.807) is 4.57 Å². The summed E-state index contributed by atoms with van der Waals surface area (Å²) < 4.78 is 7.49. The normalized spacial score (nSPS) is 11.5. The first kappa shape index (κ1) is 21.1. The smallest absolute Gasteiger partial charge is 0.350 e. The van der Waals surface area contributed by atoms with Gasteiger partial charge in [0.05, 0.1) is 11.1 Å². The van der Waals surface area contributed by atoms with Crippen LogP contribution in [0.5, 0.6) is 0 Å². The first-order valence-corrected chi connectivity index (χ1v) is 11.5. The van der Waals surface area contributed by atoms with Gasteiger partial charge in [-0.25, -0.2) is 4.79 Å². The van der Waals surface area contributed by atoms with Crippen LogP contribution in [0, 0.1) is 0 Å². The third kappa shape index (κ3) is 7.18. The fraction of sp³-hybridized carbons (Fsp3) is 0.714. The average Bonchev–Trinajstić information content (AvgIpc) is 3.02. The molecule has 0 aromatic carbocycles. The van der Waals surface area contributed by atoms with Gasteiger partial charge in [0, 0.05) is 12.7 Å². The van der Waals surface area contributed by atoms with E-state index in [-0.39, 0.29) is 5.69 Å². The lowest BCUT2D eigenvalue weighted by molar-refractivity contribution is 0.535. The molecular weight excluding hydrogens is 344 g/mol. The minimum absolute atomic E-state index is 0.195. The number of fused-ring (bicyclic) bond motifs is 1. The van der Waals surface area contributed by atoms with E-state index < -0.39 is 0 Å². The molecule has 0 aliphatic rings. The molecule has 2 aromatic rings. The van der Waals surface area contributed by atoms with Crippen LogP contribution in [0.25, 0.3) is 11.1 Å². The predicted molar refractivity (Wildman–Crippen MR) is 112 cm³/mol. The Hall–Kier alpha value is -1.23. The summed E-state index contributed by atoms with van der Waals surface area (Å²) in [4.78, 5) is 16.3. The van der Waals surface area contributed by atoms with Gasteiger partial charge in [-0.1, -0.05) is 65.2 Å². The highest BCUT2D eigenvalue weighted by Gasteiger charge is 2.08. The number of furan rings is 1. The van der Waals surface area contributed by atoms with E-state index in [9.17, 15) is 4.79 Å². The molecule has 2 heterocycles. The zero-order chi connectivity index (χ0) is 18.6. The highest BCUT2D eigenvalue weighted by molar-refractivity contribution is 7.98. The van der Waals surface area contributed by atoms with Crippen molar-refractivity contribution in [1.82, 2.24) is 9.55 Å². The van der Waals surface area contributed by atoms with Crippen LogP contribution in [0.15, 0.2) is 21.5 Å². The van der Waals surface area contributed by atoms with Gasteiger partial charge in [-0.2, -0.15) is 16.7 Å². The van der Waals surface area contributed by atoms with Crippen LogP contribution in [0.4, 0.5) is 0 Å². The maximum atomic E-state index is 12.2. The second-order valence-electron chi connectivity index (χ2n) is 7.07. The van der Waals surface area contributed by atoms with E-state index in [2.05, 4.69) is 18.8 Å². The molecule has 2 rings (SSSR count). The van der Waals surface area contributed by atoms with Gasteiger partial charge in [-0.05, 0) is 24.7 Å². The number of hydrogen-bond acceptors (Lipinski definition) is 4. The van der Waals surface area contributed by atoms with Crippen molar-refractivity contribution < 1.29 is 4.42 Å². The highest BCUT2D eigenvalue weighted by atomic mass is 32.2. The molecule has 0 aliphatic heterocycles. The van der Waals surface area contributed by atoms with Gasteiger partial charge in [-0.3, -0.25) is 4.57 Å². The van der Waals surface area contributed by atoms with E-state index in [1.165, 1.54) is 57.8 Å². The molecule has 0 atom stereocenters. The molecule has 0 fully saturated rings. The van der Waals surface area contributed by atoms with E-state index in [1.807, 2.05) is 24.0 Å². The number of aromatic nitrogens is 2. The Labute approximate surface area is 161 Å². The molecule has 0 unspecified atom stereocenters. The second-order valence-corrected chi connectivity index (χ2v) is 8.18. The number of rotatable bonds is 14. The molecule has 0 bridgehead atoms. The Kier molecular flexibility index (Phi) is 9.90. The van der Waals surface area contributed by atoms with Crippen molar-refractivity contribution in [2.24, 2.45) is 0 Å². The molecule has 26 heavy (non-hydrogen) atoms. The molecule has 0 spiro atoms. The monoisotopic (exact) mass is 378 g/mol. The van der Waals surface area contributed by atoms with Crippen LogP contribution >= 0.6 is 11.8 Å². The van der Waals surface area contributed by atoms with Gasteiger partial charge in [0.1, 0.15) is 5.76 Å². The largest absolute Gasteiger partial charge is 0.442 e. The van der Waals surface area contributed by atoms with Gasteiger partial charge in [0.15, 0.2) is 0 Å². The Balaban J connectivity index is 1.82. The minimum atomic E-state index is -0.195. The molecule has 0 N–H and O–H groups in total. The Morgan fingerprint density at radius 3 is 2.46 bits per heavy atom. The Morgan fingerprint density at radius 1 is 1.00 bits per heavy atom. The molecule has 5 heteroatoms. The summed E-state index contributed by atoms with van der Waals surface area (Å²) in [5, 5.41) is 0.942. The van der Waals surface area contributed by atoms with E-state index >= 15 is 0 Å². The maximum absolute atomic E-state index is 12.2. The number of aryl methyl sites for hydroxylation is 1. The second kappa shape index (κ2) is 12.2. The van der Waals surface area contributed by atoms with Gasteiger partial charge < -0.3 is 4.42 Å². The van der Waals surface area contributed by atoms with Crippen LogP contribution in [-0.4, -0.2) is 15.3 Å². The molecular formula is C21H34N2O2S. The van der Waals surface area contributed by atoms with Crippen molar-refractivity contribution in [3.8, 4) is 0 Å². The fourth-order valence-electron chi connectivity index (χ4n) is 3.10. The number of thioether (sulfide) groups is 1. The molecule has 0 amide bonds. The lowest BCUT2D eigenvalue weighted by Gasteiger charge is -2.04. The Bertz CT molecular complexity index is 693. The van der Waals surface area contributed by atoms with E-state index in [4.69, 9.17) is 4.42 Å². The van der Waals surface area contributed by atoms with Gasteiger partial charge in [-0.15, -0.1) is 0 Å². The molecule has 146 valence electrons. The van der Waals surface area contributed by atoms with Crippen LogP contribution in [0.1, 0.15) is 83.8 Å². The predicted octanol–water partition coefficient (Wildman–Crippen LogP) is 6.16. The van der Waals surface area contributed by atoms with Crippen molar-refractivity contribution in [3.63, 3.8) is 0 Å². The lowest BCUT2D eigenvalue weighted by atomic mass is 10.1. The first-order valence-electron chi connectivity index (χ1n) is 10.3. The van der Waals surface area contributed by atoms with Gasteiger partial charge in [0.2, 0.25) is 5.71 Å². The maximum Gasteiger partial charge on any atom is 0.350 e. The van der Waals surface area contributed by atoms with Crippen molar-refractivity contribution in [2.45, 2.75) is 90.4 Å². The summed E-state index contributed by atoms with van der Waals surface area (Å²) in [6, 6.07) is 2.04. The fourth-order valence-corrected chi connectivity index (χ4v) is 4.00. The Morgan fingerprint density at radius 2 is 1.69 bits per heavy atom. The third-order valence-corrected chi connectivity index (χ3v) is 5.73. The molecule has 0 radical (unpaired) electrons. The summed E-state index contributed by atoms with van der Waals surface area (Å²) >= 11 is 1.90. The van der Waals surface area contributed by atoms with Crippen molar-refractivity contribution in [3.05, 3.63) is 28.5 Å². The molecule has 0 aliphatic carbocycles. The molecule has 2 aromatic heterocycles. The van der Waals surface area contributed by atoms with Crippen LogP contribution in [0.3, 0.4) is 0 Å². The minimum Gasteiger partial charge on any atom is -0.442 e. The highest BCUT2D eigenvalue weighted by Crippen LogP contribution is 2.21. The summed E-state index contributed by atoms with van der Waals surface area (Å²) in [6.45, 7) is 5.21. The standard InChI is InChI=1S/C21H34N2O2S/c1-3-5-7-9-10-11-13-23-16-18-15-19(25-20(18)22-21(23)24)17-26-14-12-8-6-4-2/h15-16H,3-14,17H2,1-2H3. The number of hydrogen-bond donors (Lipinski definition) is 0. The van der Waals surface area contributed by atoms with Crippen LogP contribution in [0.2, 0.25) is 0 Å². The van der Waals surface area contributed by atoms with Crippen molar-refractivity contribution in [2.75, 3.05) is 5.75 Å². The number of nitrogens with zero attached hydrogens (tertiary/aromatic N) is 2. The average molecular weight is 379 g/mol. The van der Waals surface area contributed by atoms with Crippen LogP contribution in [-0.2, 0) is 12.3 Å². The van der Waals surface area contributed by atoms with Gasteiger partial charge in [0.25, 0.3) is 0 Å². The summed E-state index contributed by atoms with van der Waals surface area (Å²) in [7, 11) is 0. The van der Waals surface area contributed by atoms with Crippen LogP contribution < -0.4 is 5.69 Å². The van der Waals surface area contributed by atoms with Crippen molar-refractivity contribution in [1.29, 1.82) is 0 Å². The molecule has 0 saturated heterocycles. The summed E-state index contributed by atoms with van der Waals surface area (Å²) in [5.41, 5.74) is 0.287. The summed E-state index contributed by atoms with van der Waals surface area (Å²) in [6.07, 6.45) is 14.4. The van der Waals surface area contributed by atoms with Crippen molar-refractivity contribution >= 4 is 22.9 Å². The zero-order valence-electron chi connectivity index (χ0n) is 16.5. The molecule has 4 nitrogen and oxygen atoms in total. The quantitative estimate of drug-likeness (QED) is 0.369. The SMILES string of the molecule is CCCCCCCCn1cc2cc(CSCCCCCC)oc2nc1=O. The molecule has 0 saturated carbocycles. The van der Waals surface area contributed by atoms with E-state index in [0.29, 0.717) is 5.71 Å².